The fraction of sp³-hybridized carbons (Fsp3) is 0.304. The number of carbonyl (C=O) groups excluding carboxylic acids is 1. The molecule has 0 aliphatic carbocycles. The van der Waals surface area contributed by atoms with Crippen molar-refractivity contribution in [2.24, 2.45) is 0 Å². The van der Waals surface area contributed by atoms with Crippen molar-refractivity contribution in [1.82, 2.24) is 24.0 Å². The molecule has 0 spiro atoms. The van der Waals surface area contributed by atoms with Crippen LogP contribution in [0.15, 0.2) is 59.9 Å². The van der Waals surface area contributed by atoms with Gasteiger partial charge in [-0.1, -0.05) is 12.1 Å². The first-order valence-electron chi connectivity index (χ1n) is 10.3. The number of hydrogen-bond acceptors (Lipinski definition) is 5. The van der Waals surface area contributed by atoms with Gasteiger partial charge in [0.2, 0.25) is 5.91 Å². The van der Waals surface area contributed by atoms with Crippen LogP contribution in [0, 0.1) is 0 Å². The lowest BCUT2D eigenvalue weighted by Gasteiger charge is -2.15. The van der Waals surface area contributed by atoms with Crippen LogP contribution in [0.1, 0.15) is 19.4 Å². The number of nitrogens with zero attached hydrogens (tertiary/aromatic N) is 5. The first-order chi connectivity index (χ1) is 14.9. The Morgan fingerprint density at radius 3 is 2.68 bits per heavy atom. The number of aryl methyl sites for hydroxylation is 1. The average Bonchev–Trinajstić information content (AvgIpc) is 3.15. The van der Waals surface area contributed by atoms with Crippen molar-refractivity contribution in [3.63, 3.8) is 0 Å². The van der Waals surface area contributed by atoms with E-state index in [4.69, 9.17) is 0 Å². The van der Waals surface area contributed by atoms with E-state index in [2.05, 4.69) is 38.8 Å². The Hall–Kier alpha value is -3.52. The summed E-state index contributed by atoms with van der Waals surface area (Å²) in [6.45, 7) is 3.58. The van der Waals surface area contributed by atoms with Gasteiger partial charge in [0.15, 0.2) is 0 Å². The van der Waals surface area contributed by atoms with Crippen molar-refractivity contribution >= 4 is 33.5 Å². The molecule has 0 fully saturated rings. The molecule has 0 aliphatic rings. The number of hydrogen-bond donors (Lipinski definition) is 1. The second-order valence-electron chi connectivity index (χ2n) is 7.94. The third-order valence-corrected chi connectivity index (χ3v) is 5.38. The van der Waals surface area contributed by atoms with Crippen LogP contribution in [0.2, 0.25) is 0 Å². The van der Waals surface area contributed by atoms with Crippen LogP contribution in [0.25, 0.3) is 21.9 Å². The molecule has 0 unspecified atom stereocenters. The second-order valence-corrected chi connectivity index (χ2v) is 7.94. The Balaban J connectivity index is 1.50. The van der Waals surface area contributed by atoms with Gasteiger partial charge in [0.05, 0.1) is 34.6 Å². The summed E-state index contributed by atoms with van der Waals surface area (Å²) in [7, 11) is 4.12. The Labute approximate surface area is 180 Å². The summed E-state index contributed by atoms with van der Waals surface area (Å²) in [6.07, 6.45) is 4.28. The van der Waals surface area contributed by atoms with E-state index < -0.39 is 6.04 Å². The van der Waals surface area contributed by atoms with Gasteiger partial charge in [-0.2, -0.15) is 0 Å². The van der Waals surface area contributed by atoms with Crippen molar-refractivity contribution in [3.8, 4) is 0 Å². The highest BCUT2D eigenvalue weighted by atomic mass is 16.2. The number of nitrogens with one attached hydrogen (secondary N) is 1. The zero-order valence-corrected chi connectivity index (χ0v) is 17.9. The predicted molar refractivity (Wildman–Crippen MR) is 122 cm³/mol. The van der Waals surface area contributed by atoms with Gasteiger partial charge in [-0.3, -0.25) is 14.2 Å². The molecule has 4 aromatic rings. The van der Waals surface area contributed by atoms with Gasteiger partial charge < -0.3 is 14.8 Å². The minimum absolute atomic E-state index is 0.236. The number of amides is 1. The molecule has 31 heavy (non-hydrogen) atoms. The Kier molecular flexibility index (Phi) is 5.81. The van der Waals surface area contributed by atoms with Crippen molar-refractivity contribution in [2.45, 2.75) is 25.9 Å². The van der Waals surface area contributed by atoms with E-state index in [1.165, 1.54) is 10.9 Å². The zero-order chi connectivity index (χ0) is 22.0. The van der Waals surface area contributed by atoms with Crippen molar-refractivity contribution in [1.29, 1.82) is 0 Å². The molecule has 4 rings (SSSR count). The van der Waals surface area contributed by atoms with Crippen LogP contribution in [0.5, 0.6) is 0 Å². The molecular formula is C23H26N6O2. The largest absolute Gasteiger partial charge is 0.331 e. The van der Waals surface area contributed by atoms with Gasteiger partial charge in [-0.05, 0) is 64.3 Å². The third-order valence-electron chi connectivity index (χ3n) is 5.38. The van der Waals surface area contributed by atoms with Gasteiger partial charge in [-0.25, -0.2) is 9.97 Å². The molecule has 160 valence electrons. The maximum absolute atomic E-state index is 12.8. The Morgan fingerprint density at radius 2 is 1.87 bits per heavy atom. The number of fused-ring (bicyclic) bond motifs is 2. The minimum atomic E-state index is -0.705. The lowest BCUT2D eigenvalue weighted by molar-refractivity contribution is -0.118. The molecule has 0 saturated carbocycles. The van der Waals surface area contributed by atoms with Crippen molar-refractivity contribution < 1.29 is 4.79 Å². The summed E-state index contributed by atoms with van der Waals surface area (Å²) < 4.78 is 3.48. The van der Waals surface area contributed by atoms with Crippen LogP contribution in [-0.2, 0) is 11.3 Å². The van der Waals surface area contributed by atoms with Crippen LogP contribution in [-0.4, -0.2) is 50.5 Å². The molecular weight excluding hydrogens is 392 g/mol. The highest BCUT2D eigenvalue weighted by Crippen LogP contribution is 2.20. The lowest BCUT2D eigenvalue weighted by Crippen LogP contribution is -2.31. The smallest absolute Gasteiger partial charge is 0.261 e. The molecule has 2 aromatic carbocycles. The monoisotopic (exact) mass is 418 g/mol. The van der Waals surface area contributed by atoms with Crippen molar-refractivity contribution in [2.75, 3.05) is 26.0 Å². The highest BCUT2D eigenvalue weighted by molar-refractivity contribution is 5.95. The molecule has 0 bridgehead atoms. The number of anilines is 1. The molecule has 0 saturated heterocycles. The fourth-order valence-corrected chi connectivity index (χ4v) is 3.61. The van der Waals surface area contributed by atoms with E-state index in [0.717, 1.165) is 30.5 Å². The first-order valence-corrected chi connectivity index (χ1v) is 10.3. The average molecular weight is 419 g/mol. The van der Waals surface area contributed by atoms with Gasteiger partial charge >= 0.3 is 0 Å². The molecule has 8 heteroatoms. The molecule has 0 radical (unpaired) electrons. The zero-order valence-electron chi connectivity index (χ0n) is 17.9. The quantitative estimate of drug-likeness (QED) is 0.499. The summed E-state index contributed by atoms with van der Waals surface area (Å²) in [5.41, 5.74) is 2.87. The summed E-state index contributed by atoms with van der Waals surface area (Å²) in [5.74, 6) is -0.288. The second kappa shape index (κ2) is 8.69. The van der Waals surface area contributed by atoms with E-state index in [1.807, 2.05) is 30.6 Å². The van der Waals surface area contributed by atoms with E-state index in [1.54, 1.807) is 25.1 Å². The molecule has 1 atom stereocenters. The van der Waals surface area contributed by atoms with E-state index in [0.29, 0.717) is 16.6 Å². The number of carbonyl (C=O) groups is 1. The summed E-state index contributed by atoms with van der Waals surface area (Å²) >= 11 is 0. The number of imidazole rings is 1. The highest BCUT2D eigenvalue weighted by Gasteiger charge is 2.18. The van der Waals surface area contributed by atoms with Crippen LogP contribution >= 0.6 is 0 Å². The maximum Gasteiger partial charge on any atom is 0.261 e. The SMILES string of the molecule is C[C@@H](C(=O)Nc1ccc2c(c1)ncn2CCCN(C)C)n1cnc2ccccc2c1=O. The standard InChI is InChI=1S/C23H26N6O2/c1-16(29-15-25-19-8-5-4-7-18(19)23(29)31)22(30)26-17-9-10-21-20(13-17)24-14-28(21)12-6-11-27(2)3/h4-5,7-10,13-16H,6,11-12H2,1-3H3,(H,26,30)/t16-/m0/s1. The number of aromatic nitrogens is 4. The Bertz CT molecular complexity index is 1290. The maximum atomic E-state index is 12.8. The number of para-hydroxylation sites is 1. The molecule has 1 N–H and O–H groups in total. The predicted octanol–water partition coefficient (Wildman–Crippen LogP) is 2.90. The molecule has 2 heterocycles. The summed E-state index contributed by atoms with van der Waals surface area (Å²) in [6, 6.07) is 12.1. The van der Waals surface area contributed by atoms with Gasteiger partial charge in [0, 0.05) is 12.2 Å². The van der Waals surface area contributed by atoms with Crippen LogP contribution in [0.3, 0.4) is 0 Å². The van der Waals surface area contributed by atoms with E-state index >= 15 is 0 Å². The van der Waals surface area contributed by atoms with Crippen molar-refractivity contribution in [3.05, 3.63) is 65.5 Å². The van der Waals surface area contributed by atoms with Crippen LogP contribution < -0.4 is 10.9 Å². The third kappa shape index (κ3) is 4.34. The summed E-state index contributed by atoms with van der Waals surface area (Å²) in [4.78, 5) is 36.5. The molecule has 0 aliphatic heterocycles. The Morgan fingerprint density at radius 1 is 1.10 bits per heavy atom. The number of benzene rings is 2. The summed E-state index contributed by atoms with van der Waals surface area (Å²) in [5, 5.41) is 3.38. The van der Waals surface area contributed by atoms with Gasteiger partial charge in [0.1, 0.15) is 6.04 Å². The molecule has 8 nitrogen and oxygen atoms in total. The first kappa shape index (κ1) is 20.7. The van der Waals surface area contributed by atoms with Crippen LogP contribution in [0.4, 0.5) is 5.69 Å². The number of rotatable bonds is 7. The van der Waals surface area contributed by atoms with Gasteiger partial charge in [-0.15, -0.1) is 0 Å². The topological polar surface area (TPSA) is 85.1 Å². The molecule has 2 aromatic heterocycles. The fourth-order valence-electron chi connectivity index (χ4n) is 3.61. The minimum Gasteiger partial charge on any atom is -0.331 e. The van der Waals surface area contributed by atoms with Gasteiger partial charge in [0.25, 0.3) is 5.56 Å². The van der Waals surface area contributed by atoms with E-state index in [9.17, 15) is 9.59 Å². The molecule has 1 amide bonds. The lowest BCUT2D eigenvalue weighted by atomic mass is 10.2. The normalized spacial score (nSPS) is 12.5. The van der Waals surface area contributed by atoms with E-state index in [-0.39, 0.29) is 11.5 Å².